The van der Waals surface area contributed by atoms with E-state index in [2.05, 4.69) is 64.1 Å². The third kappa shape index (κ3) is 13.3. The van der Waals surface area contributed by atoms with Gasteiger partial charge in [-0.25, -0.2) is 0 Å². The molecule has 3 nitrogen and oxygen atoms in total. The highest BCUT2D eigenvalue weighted by atomic mass is 16.5. The number of carbonyl (C=O) groups excluding carboxylic acids is 1. The van der Waals surface area contributed by atoms with E-state index in [-0.39, 0.29) is 6.10 Å². The Balaban J connectivity index is 1.34. The molecule has 0 N–H and O–H groups in total. The molecule has 0 spiro atoms. The predicted octanol–water partition coefficient (Wildman–Crippen LogP) is 12.7. The summed E-state index contributed by atoms with van der Waals surface area (Å²) in [6, 6.07) is 11.0. The van der Waals surface area contributed by atoms with Crippen molar-refractivity contribution in [1.29, 1.82) is 0 Å². The molecule has 252 valence electrons. The number of fused-ring (bicyclic) bond motifs is 3. The molecule has 0 bridgehead atoms. The molecule has 2 aromatic rings. The lowest BCUT2D eigenvalue weighted by atomic mass is 9.89. The van der Waals surface area contributed by atoms with E-state index in [9.17, 15) is 4.79 Å². The van der Waals surface area contributed by atoms with Gasteiger partial charge >= 0.3 is 0 Å². The Kier molecular flexibility index (Phi) is 18.8. The Morgan fingerprint density at radius 1 is 0.733 bits per heavy atom. The average molecular weight is 619 g/mol. The molecule has 1 unspecified atom stereocenters. The summed E-state index contributed by atoms with van der Waals surface area (Å²) in [4.78, 5) is 12.6. The fourth-order valence-electron chi connectivity index (χ4n) is 7.15. The largest absolute Gasteiger partial charge is 0.379 e. The topological polar surface area (TPSA) is 35.5 Å². The van der Waals surface area contributed by atoms with E-state index >= 15 is 0 Å². The Hall–Kier alpha value is -1.97. The van der Waals surface area contributed by atoms with Crippen LogP contribution < -0.4 is 0 Å². The van der Waals surface area contributed by atoms with Gasteiger partial charge in [0.2, 0.25) is 0 Å². The Morgan fingerprint density at radius 2 is 1.38 bits per heavy atom. The van der Waals surface area contributed by atoms with Crippen molar-refractivity contribution in [3.8, 4) is 0 Å². The van der Waals surface area contributed by atoms with Crippen LogP contribution in [0, 0.1) is 12.8 Å². The summed E-state index contributed by atoms with van der Waals surface area (Å²) in [5, 5.41) is 2.59. The zero-order valence-electron chi connectivity index (χ0n) is 29.6. The van der Waals surface area contributed by atoms with Crippen LogP contribution in [0.2, 0.25) is 0 Å². The molecule has 1 aliphatic rings. The summed E-state index contributed by atoms with van der Waals surface area (Å²) in [6.45, 7) is 10.8. The van der Waals surface area contributed by atoms with Crippen molar-refractivity contribution in [2.24, 2.45) is 5.92 Å². The summed E-state index contributed by atoms with van der Waals surface area (Å²) in [5.41, 5.74) is 5.39. The predicted molar refractivity (Wildman–Crippen MR) is 194 cm³/mol. The summed E-state index contributed by atoms with van der Waals surface area (Å²) >= 11 is 0. The first kappa shape index (κ1) is 37.5. The van der Waals surface area contributed by atoms with E-state index in [0.717, 1.165) is 31.6 Å². The van der Waals surface area contributed by atoms with Gasteiger partial charge in [0.25, 0.3) is 0 Å². The van der Waals surface area contributed by atoms with Crippen molar-refractivity contribution in [2.45, 2.75) is 162 Å². The third-order valence-corrected chi connectivity index (χ3v) is 9.84. The number of carbonyl (C=O) groups is 1. The van der Waals surface area contributed by atoms with Gasteiger partial charge in [-0.1, -0.05) is 147 Å². The maximum absolute atomic E-state index is 12.6. The molecule has 3 heteroatoms. The van der Waals surface area contributed by atoms with E-state index in [1.807, 2.05) is 0 Å². The van der Waals surface area contributed by atoms with Gasteiger partial charge in [-0.15, -0.1) is 0 Å². The van der Waals surface area contributed by atoms with Crippen molar-refractivity contribution < 1.29 is 14.3 Å². The van der Waals surface area contributed by atoms with Crippen LogP contribution in [0.1, 0.15) is 172 Å². The van der Waals surface area contributed by atoms with E-state index in [1.165, 1.54) is 129 Å². The van der Waals surface area contributed by atoms with Crippen LogP contribution in [-0.4, -0.2) is 25.6 Å². The molecule has 0 saturated carbocycles. The zero-order chi connectivity index (χ0) is 32.1. The minimum Gasteiger partial charge on any atom is -0.379 e. The number of rotatable bonds is 27. The molecule has 0 heterocycles. The lowest BCUT2D eigenvalue weighted by Crippen LogP contribution is -2.12. The second-order valence-corrected chi connectivity index (χ2v) is 13.7. The first-order valence-corrected chi connectivity index (χ1v) is 19.0. The van der Waals surface area contributed by atoms with Gasteiger partial charge in [-0.3, -0.25) is 4.79 Å². The van der Waals surface area contributed by atoms with Crippen molar-refractivity contribution in [2.75, 3.05) is 19.8 Å². The minimum absolute atomic E-state index is 0.0121. The van der Waals surface area contributed by atoms with Gasteiger partial charge in [-0.2, -0.15) is 0 Å². The van der Waals surface area contributed by atoms with Crippen LogP contribution in [0.4, 0.5) is 0 Å². The van der Waals surface area contributed by atoms with Crippen LogP contribution in [0.3, 0.4) is 0 Å². The third-order valence-electron chi connectivity index (χ3n) is 9.84. The van der Waals surface area contributed by atoms with E-state index in [1.54, 1.807) is 0 Å². The molecule has 1 aliphatic carbocycles. The number of unbranched alkanes of at least 4 members (excludes halogenated alkanes) is 9. The Morgan fingerprint density at radius 3 is 2.09 bits per heavy atom. The molecule has 0 aliphatic heterocycles. The van der Waals surface area contributed by atoms with Gasteiger partial charge in [0.1, 0.15) is 11.9 Å². The van der Waals surface area contributed by atoms with Crippen LogP contribution in [-0.2, 0) is 14.3 Å². The molecule has 0 fully saturated rings. The highest BCUT2D eigenvalue weighted by molar-refractivity contribution is 5.93. The van der Waals surface area contributed by atoms with Gasteiger partial charge in [0.05, 0.1) is 13.2 Å². The molecule has 0 saturated heterocycles. The number of ketones is 1. The highest BCUT2D eigenvalue weighted by Gasteiger charge is 2.28. The Bertz CT molecular complexity index is 1120. The highest BCUT2D eigenvalue weighted by Crippen LogP contribution is 2.44. The minimum atomic E-state index is 0.0121. The maximum atomic E-state index is 12.6. The molecule has 0 aromatic heterocycles. The molecule has 45 heavy (non-hydrogen) atoms. The number of hydrogen-bond acceptors (Lipinski definition) is 3. The van der Waals surface area contributed by atoms with Crippen molar-refractivity contribution in [3.05, 3.63) is 52.6 Å². The summed E-state index contributed by atoms with van der Waals surface area (Å²) in [6.07, 6.45) is 26.7. The molecule has 0 radical (unpaired) electrons. The summed E-state index contributed by atoms with van der Waals surface area (Å²) < 4.78 is 12.5. The van der Waals surface area contributed by atoms with Crippen molar-refractivity contribution in [1.82, 2.24) is 0 Å². The molecular weight excluding hydrogens is 552 g/mol. The van der Waals surface area contributed by atoms with Gasteiger partial charge in [0, 0.05) is 25.0 Å². The summed E-state index contributed by atoms with van der Waals surface area (Å²) in [5.74, 6) is 1.23. The summed E-state index contributed by atoms with van der Waals surface area (Å²) in [7, 11) is 0. The normalized spacial score (nSPS) is 14.4. The van der Waals surface area contributed by atoms with Crippen LogP contribution >= 0.6 is 0 Å². The second kappa shape index (κ2) is 22.5. The molecular formula is C42H66O3. The van der Waals surface area contributed by atoms with E-state index in [0.29, 0.717) is 32.0 Å². The van der Waals surface area contributed by atoms with Gasteiger partial charge in [-0.05, 0) is 66.0 Å². The SMILES string of the molecule is CCCCCCCC(CCCCCCC)CCCC(=O)CCCOCCOC1C(CCCC)=Cc2c(C)cc3ccccc3c21. The van der Waals surface area contributed by atoms with Crippen molar-refractivity contribution >= 4 is 22.6 Å². The smallest absolute Gasteiger partial charge is 0.132 e. The maximum Gasteiger partial charge on any atom is 0.132 e. The monoisotopic (exact) mass is 619 g/mol. The standard InChI is InChI=1S/C42H66O3/c1-5-8-11-13-15-21-35(22-16-14-12-9-6-2)23-19-26-38(43)27-20-29-44-30-31-45-42-37(24-10-7-3)33-40-34(4)32-36-25-17-18-28-39(36)41(40)42/h17-18,25,28,32-33,35,42H,5-16,19-24,26-27,29-31H2,1-4H3. The second-order valence-electron chi connectivity index (χ2n) is 13.7. The first-order chi connectivity index (χ1) is 22.1. The van der Waals surface area contributed by atoms with Crippen LogP contribution in [0.25, 0.3) is 16.8 Å². The Labute approximate surface area is 276 Å². The first-order valence-electron chi connectivity index (χ1n) is 19.0. The zero-order valence-corrected chi connectivity index (χ0v) is 29.6. The number of ether oxygens (including phenoxy) is 2. The molecule has 3 rings (SSSR count). The van der Waals surface area contributed by atoms with E-state index < -0.39 is 0 Å². The van der Waals surface area contributed by atoms with Gasteiger partial charge < -0.3 is 9.47 Å². The average Bonchev–Trinajstić information content (AvgIpc) is 3.41. The van der Waals surface area contributed by atoms with Crippen molar-refractivity contribution in [3.63, 3.8) is 0 Å². The molecule has 1 atom stereocenters. The quantitative estimate of drug-likeness (QED) is 0.0934. The number of hydrogen-bond donors (Lipinski definition) is 0. The lowest BCUT2D eigenvalue weighted by molar-refractivity contribution is -0.119. The lowest BCUT2D eigenvalue weighted by Gasteiger charge is -2.20. The van der Waals surface area contributed by atoms with E-state index in [4.69, 9.17) is 9.47 Å². The fourth-order valence-corrected chi connectivity index (χ4v) is 7.15. The number of benzene rings is 2. The fraction of sp³-hybridized carbons (Fsp3) is 0.690. The van der Waals surface area contributed by atoms with Crippen LogP contribution in [0.15, 0.2) is 35.9 Å². The van der Waals surface area contributed by atoms with Gasteiger partial charge in [0.15, 0.2) is 0 Å². The van der Waals surface area contributed by atoms with Crippen LogP contribution in [0.5, 0.6) is 0 Å². The molecule has 0 amide bonds. The molecule has 2 aromatic carbocycles. The number of aryl methyl sites for hydroxylation is 1. The number of Topliss-reactive ketones (excluding diaryl/α,β-unsaturated/α-hetero) is 1.